The molecule has 1 atom stereocenters. The highest BCUT2D eigenvalue weighted by Crippen LogP contribution is 2.38. The zero-order valence-electron chi connectivity index (χ0n) is 16.2. The number of ether oxygens (including phenoxy) is 3. The lowest BCUT2D eigenvalue weighted by atomic mass is 10.0. The first-order valence-corrected chi connectivity index (χ1v) is 11.0. The molecule has 1 unspecified atom stereocenters. The minimum Gasteiger partial charge on any atom is -0.453 e. The molecule has 0 aliphatic carbocycles. The van der Waals surface area contributed by atoms with Crippen molar-refractivity contribution in [1.29, 1.82) is 0 Å². The molecule has 11 heteroatoms. The van der Waals surface area contributed by atoms with Gasteiger partial charge in [0.05, 0.1) is 18.1 Å². The van der Waals surface area contributed by atoms with Crippen molar-refractivity contribution in [3.05, 3.63) is 59.7 Å². The van der Waals surface area contributed by atoms with Crippen LogP contribution in [0.15, 0.2) is 48.5 Å². The Hall–Kier alpha value is -2.73. The summed E-state index contributed by atoms with van der Waals surface area (Å²) in [5.41, 5.74) is 4.07. The fourth-order valence-corrected chi connectivity index (χ4v) is 4.00. The Morgan fingerprint density at radius 3 is 2.58 bits per heavy atom. The number of nitrogens with one attached hydrogen (secondary N) is 1. The average molecular weight is 454 g/mol. The number of hydroxylamine groups is 1. The third-order valence-corrected chi connectivity index (χ3v) is 5.51. The molecule has 0 radical (unpaired) electrons. The van der Waals surface area contributed by atoms with Gasteiger partial charge in [0.15, 0.2) is 11.5 Å². The van der Waals surface area contributed by atoms with Crippen molar-refractivity contribution in [1.82, 2.24) is 5.48 Å². The van der Waals surface area contributed by atoms with Crippen LogP contribution in [0.3, 0.4) is 0 Å². The summed E-state index contributed by atoms with van der Waals surface area (Å²) in [6, 6.07) is 10.6. The van der Waals surface area contributed by atoms with Crippen LogP contribution in [0.25, 0.3) is 5.70 Å². The lowest BCUT2D eigenvalue weighted by Gasteiger charge is -2.15. The van der Waals surface area contributed by atoms with Crippen molar-refractivity contribution in [3.63, 3.8) is 0 Å². The smallest absolute Gasteiger partial charge is 0.387 e. The summed E-state index contributed by atoms with van der Waals surface area (Å²) < 4.78 is 63.8. The normalized spacial score (nSPS) is 20.7. The number of nitrogens with two attached hydrogens (primary N) is 1. The van der Waals surface area contributed by atoms with Gasteiger partial charge in [-0.15, -0.1) is 0 Å². The van der Waals surface area contributed by atoms with Gasteiger partial charge < -0.3 is 14.2 Å². The molecule has 1 saturated heterocycles. The van der Waals surface area contributed by atoms with E-state index < -0.39 is 22.2 Å². The summed E-state index contributed by atoms with van der Waals surface area (Å²) in [6.45, 7) is -2.02. The van der Waals surface area contributed by atoms with E-state index in [0.29, 0.717) is 42.2 Å². The van der Waals surface area contributed by atoms with Gasteiger partial charge in [-0.1, -0.05) is 12.1 Å². The fourth-order valence-electron chi connectivity index (χ4n) is 3.34. The molecule has 2 aliphatic heterocycles. The molecular weight excluding hydrogens is 434 g/mol. The van der Waals surface area contributed by atoms with Crippen LogP contribution in [0.2, 0.25) is 0 Å². The first-order chi connectivity index (χ1) is 14.7. The monoisotopic (exact) mass is 454 g/mol. The van der Waals surface area contributed by atoms with Gasteiger partial charge in [-0.05, 0) is 42.0 Å². The second-order valence-corrected chi connectivity index (χ2v) is 8.84. The number of hydrogen-bond donors (Lipinski definition) is 2. The standard InChI is InChI=1S/C20H20F2N2O6S/c21-19(22)29-17-6-3-14(16-10-20(30-24-16)7-8-27-12-20)9-18(17)28-15-4-1-13(2-5-15)11-31(23,25)26/h1-6,9-10,19,24H,7-8,11-12H2,(H2,23,25,26). The van der Waals surface area contributed by atoms with Crippen molar-refractivity contribution in [3.8, 4) is 17.2 Å². The molecule has 2 aromatic rings. The van der Waals surface area contributed by atoms with Crippen LogP contribution in [-0.4, -0.2) is 33.8 Å². The van der Waals surface area contributed by atoms with Crippen LogP contribution in [0.4, 0.5) is 8.78 Å². The number of hydrogen-bond acceptors (Lipinski definition) is 7. The van der Waals surface area contributed by atoms with Gasteiger partial charge >= 0.3 is 6.61 Å². The quantitative estimate of drug-likeness (QED) is 0.662. The van der Waals surface area contributed by atoms with Gasteiger partial charge in [0, 0.05) is 18.6 Å². The number of primary sulfonamides is 1. The second-order valence-electron chi connectivity index (χ2n) is 7.22. The molecule has 2 heterocycles. The second kappa shape index (κ2) is 8.42. The highest BCUT2D eigenvalue weighted by Gasteiger charge is 2.39. The number of halogens is 2. The molecule has 0 saturated carbocycles. The van der Waals surface area contributed by atoms with Crippen LogP contribution in [0, 0.1) is 0 Å². The Bertz CT molecular complexity index is 1080. The highest BCUT2D eigenvalue weighted by molar-refractivity contribution is 7.88. The molecule has 0 amide bonds. The van der Waals surface area contributed by atoms with E-state index in [1.165, 1.54) is 30.3 Å². The predicted molar refractivity (Wildman–Crippen MR) is 107 cm³/mol. The first kappa shape index (κ1) is 21.5. The summed E-state index contributed by atoms with van der Waals surface area (Å²) in [5, 5.41) is 5.04. The fraction of sp³-hybridized carbons (Fsp3) is 0.300. The Morgan fingerprint density at radius 2 is 1.94 bits per heavy atom. The minimum atomic E-state index is -3.67. The van der Waals surface area contributed by atoms with E-state index in [4.69, 9.17) is 19.5 Å². The topological polar surface area (TPSA) is 109 Å². The van der Waals surface area contributed by atoms with Crippen molar-refractivity contribution >= 4 is 15.7 Å². The molecule has 31 heavy (non-hydrogen) atoms. The van der Waals surface area contributed by atoms with Crippen molar-refractivity contribution in [2.75, 3.05) is 13.2 Å². The third kappa shape index (κ3) is 5.31. The molecular formula is C20H20F2N2O6S. The Balaban J connectivity index is 1.60. The maximum absolute atomic E-state index is 12.8. The summed E-state index contributed by atoms with van der Waals surface area (Å²) in [7, 11) is -3.67. The van der Waals surface area contributed by atoms with Crippen molar-refractivity contribution in [2.24, 2.45) is 5.14 Å². The van der Waals surface area contributed by atoms with Gasteiger partial charge in [-0.3, -0.25) is 10.3 Å². The van der Waals surface area contributed by atoms with Crippen LogP contribution in [-0.2, 0) is 25.4 Å². The number of rotatable bonds is 7. The molecule has 2 aromatic carbocycles. The van der Waals surface area contributed by atoms with Crippen LogP contribution < -0.4 is 20.1 Å². The summed E-state index contributed by atoms with van der Waals surface area (Å²) in [6.07, 6.45) is 2.60. The predicted octanol–water partition coefficient (Wildman–Crippen LogP) is 2.90. The SMILES string of the molecule is NS(=O)(=O)Cc1ccc(Oc2cc(C3=CC4(CCOC4)ON3)ccc2OC(F)F)cc1. The van der Waals surface area contributed by atoms with E-state index in [9.17, 15) is 17.2 Å². The lowest BCUT2D eigenvalue weighted by molar-refractivity contribution is -0.0510. The highest BCUT2D eigenvalue weighted by atomic mass is 32.2. The van der Waals surface area contributed by atoms with Gasteiger partial charge in [0.25, 0.3) is 0 Å². The minimum absolute atomic E-state index is 0.0586. The van der Waals surface area contributed by atoms with Crippen LogP contribution in [0.5, 0.6) is 17.2 Å². The number of alkyl halides is 2. The molecule has 1 fully saturated rings. The van der Waals surface area contributed by atoms with E-state index in [-0.39, 0.29) is 17.3 Å². The van der Waals surface area contributed by atoms with Crippen molar-refractivity contribution in [2.45, 2.75) is 24.4 Å². The summed E-state index contributed by atoms with van der Waals surface area (Å²) in [4.78, 5) is 5.66. The maximum Gasteiger partial charge on any atom is 0.387 e. The van der Waals surface area contributed by atoms with Crippen molar-refractivity contribution < 1.29 is 36.2 Å². The number of sulfonamides is 1. The summed E-state index contributed by atoms with van der Waals surface area (Å²) >= 11 is 0. The van der Waals surface area contributed by atoms with E-state index >= 15 is 0 Å². The van der Waals surface area contributed by atoms with E-state index in [1.54, 1.807) is 12.1 Å². The molecule has 166 valence electrons. The molecule has 3 N–H and O–H groups in total. The molecule has 1 spiro atoms. The summed E-state index contributed by atoms with van der Waals surface area (Å²) in [5.74, 6) is -0.109. The van der Waals surface area contributed by atoms with Crippen LogP contribution in [0.1, 0.15) is 17.5 Å². The third-order valence-electron chi connectivity index (χ3n) is 4.78. The van der Waals surface area contributed by atoms with Gasteiger partial charge in [0.2, 0.25) is 10.0 Å². The van der Waals surface area contributed by atoms with Gasteiger partial charge in [-0.2, -0.15) is 8.78 Å². The largest absolute Gasteiger partial charge is 0.453 e. The zero-order chi connectivity index (χ0) is 22.1. The molecule has 8 nitrogen and oxygen atoms in total. The zero-order valence-corrected chi connectivity index (χ0v) is 17.0. The molecule has 0 bridgehead atoms. The molecule has 4 rings (SSSR count). The number of benzene rings is 2. The van der Waals surface area contributed by atoms with Crippen LogP contribution >= 0.6 is 0 Å². The average Bonchev–Trinajstić information content (AvgIpc) is 3.33. The van der Waals surface area contributed by atoms with E-state index in [2.05, 4.69) is 10.2 Å². The first-order valence-electron chi connectivity index (χ1n) is 9.33. The Morgan fingerprint density at radius 1 is 1.16 bits per heavy atom. The van der Waals surface area contributed by atoms with Gasteiger partial charge in [0.1, 0.15) is 11.4 Å². The van der Waals surface area contributed by atoms with E-state index in [1.807, 2.05) is 6.08 Å². The Kier molecular flexibility index (Phi) is 5.84. The van der Waals surface area contributed by atoms with E-state index in [0.717, 1.165) is 0 Å². The molecule has 2 aliphatic rings. The van der Waals surface area contributed by atoms with Gasteiger partial charge in [-0.25, -0.2) is 13.6 Å². The molecule has 0 aromatic heterocycles. The lowest BCUT2D eigenvalue weighted by Crippen LogP contribution is -2.29. The maximum atomic E-state index is 12.8. The Labute approximate surface area is 177 Å².